The number of sulfonamides is 1. The van der Waals surface area contributed by atoms with Gasteiger partial charge in [0.2, 0.25) is 10.0 Å². The lowest BCUT2D eigenvalue weighted by molar-refractivity contribution is 0.477. The molecule has 1 saturated heterocycles. The maximum Gasteiger partial charge on any atom is 0.244 e. The monoisotopic (exact) mass is 374 g/mol. The molecule has 1 aliphatic rings. The van der Waals surface area contributed by atoms with E-state index in [1.54, 1.807) is 23.9 Å². The Balaban J connectivity index is 1.45. The van der Waals surface area contributed by atoms with E-state index >= 15 is 0 Å². The molecule has 130 valence electrons. The lowest BCUT2D eigenvalue weighted by atomic mass is 10.4. The summed E-state index contributed by atoms with van der Waals surface area (Å²) < 4.78 is 28.5. The molecule has 4 rings (SSSR count). The number of aromatic nitrogens is 3. The zero-order valence-electron chi connectivity index (χ0n) is 13.6. The van der Waals surface area contributed by atoms with Gasteiger partial charge in [0.25, 0.3) is 0 Å². The third kappa shape index (κ3) is 3.42. The average molecular weight is 374 g/mol. The Morgan fingerprint density at radius 2 is 1.96 bits per heavy atom. The molecule has 25 heavy (non-hydrogen) atoms. The van der Waals surface area contributed by atoms with Crippen molar-refractivity contribution in [3.63, 3.8) is 0 Å². The second-order valence-electron chi connectivity index (χ2n) is 5.93. The number of rotatable bonds is 5. The van der Waals surface area contributed by atoms with Crippen molar-refractivity contribution in [1.82, 2.24) is 18.7 Å². The van der Waals surface area contributed by atoms with Crippen LogP contribution in [0.5, 0.6) is 0 Å². The lowest BCUT2D eigenvalue weighted by Gasteiger charge is -2.15. The molecule has 6 nitrogen and oxygen atoms in total. The van der Waals surface area contributed by atoms with Gasteiger partial charge in [-0.1, -0.05) is 17.8 Å². The minimum absolute atomic E-state index is 0.270. The van der Waals surface area contributed by atoms with Crippen LogP contribution in [-0.4, -0.2) is 40.2 Å². The van der Waals surface area contributed by atoms with Crippen LogP contribution in [0, 0.1) is 0 Å². The molecule has 1 aliphatic heterocycles. The summed E-state index contributed by atoms with van der Waals surface area (Å²) >= 11 is 1.54. The van der Waals surface area contributed by atoms with Gasteiger partial charge >= 0.3 is 0 Å². The summed E-state index contributed by atoms with van der Waals surface area (Å²) in [4.78, 5) is 9.13. The van der Waals surface area contributed by atoms with Gasteiger partial charge < -0.3 is 4.40 Å². The Morgan fingerprint density at radius 1 is 1.12 bits per heavy atom. The Morgan fingerprint density at radius 3 is 2.68 bits per heavy atom. The van der Waals surface area contributed by atoms with Gasteiger partial charge in [0.1, 0.15) is 10.5 Å². The normalized spacial score (nSPS) is 15.8. The number of fused-ring (bicyclic) bond motifs is 1. The van der Waals surface area contributed by atoms with Crippen LogP contribution < -0.4 is 0 Å². The number of pyridine rings is 2. The van der Waals surface area contributed by atoms with E-state index in [0.29, 0.717) is 18.8 Å². The van der Waals surface area contributed by atoms with Gasteiger partial charge in [-0.2, -0.15) is 4.31 Å². The zero-order valence-corrected chi connectivity index (χ0v) is 15.2. The topological polar surface area (TPSA) is 67.6 Å². The fourth-order valence-corrected chi connectivity index (χ4v) is 5.08. The van der Waals surface area contributed by atoms with Gasteiger partial charge in [0.15, 0.2) is 0 Å². The third-order valence-electron chi connectivity index (χ3n) is 4.19. The molecule has 3 aromatic heterocycles. The van der Waals surface area contributed by atoms with E-state index < -0.39 is 10.0 Å². The highest BCUT2D eigenvalue weighted by atomic mass is 32.2. The van der Waals surface area contributed by atoms with Gasteiger partial charge in [-0.25, -0.2) is 18.4 Å². The number of imidazole rings is 1. The summed E-state index contributed by atoms with van der Waals surface area (Å²) in [6, 6.07) is 9.30. The first-order valence-corrected chi connectivity index (χ1v) is 10.6. The molecule has 0 atom stereocenters. The molecule has 0 N–H and O–H groups in total. The second kappa shape index (κ2) is 6.78. The molecule has 0 bridgehead atoms. The van der Waals surface area contributed by atoms with Crippen molar-refractivity contribution in [2.24, 2.45) is 0 Å². The summed E-state index contributed by atoms with van der Waals surface area (Å²) in [6.07, 6.45) is 7.28. The van der Waals surface area contributed by atoms with Crippen molar-refractivity contribution in [2.45, 2.75) is 28.5 Å². The predicted molar refractivity (Wildman–Crippen MR) is 97.0 cm³/mol. The van der Waals surface area contributed by atoms with E-state index in [1.807, 2.05) is 35.0 Å². The van der Waals surface area contributed by atoms with Crippen molar-refractivity contribution in [1.29, 1.82) is 0 Å². The zero-order chi connectivity index (χ0) is 17.3. The summed E-state index contributed by atoms with van der Waals surface area (Å²) in [5.74, 6) is 0.687. The molecule has 0 unspecified atom stereocenters. The van der Waals surface area contributed by atoms with E-state index in [9.17, 15) is 8.42 Å². The van der Waals surface area contributed by atoms with Crippen LogP contribution in [0.2, 0.25) is 0 Å². The highest BCUT2D eigenvalue weighted by Gasteiger charge is 2.27. The minimum Gasteiger partial charge on any atom is -0.307 e. The molecule has 1 fully saturated rings. The van der Waals surface area contributed by atoms with Crippen molar-refractivity contribution in [3.8, 4) is 0 Å². The smallest absolute Gasteiger partial charge is 0.244 e. The Bertz CT molecular complexity index is 944. The van der Waals surface area contributed by atoms with E-state index in [1.165, 1.54) is 10.5 Å². The van der Waals surface area contributed by atoms with E-state index in [0.717, 1.165) is 29.2 Å². The fraction of sp³-hybridized carbons (Fsp3) is 0.294. The van der Waals surface area contributed by atoms with E-state index in [-0.39, 0.29) is 4.90 Å². The number of hydrogen-bond acceptors (Lipinski definition) is 5. The highest BCUT2D eigenvalue weighted by Crippen LogP contribution is 2.24. The van der Waals surface area contributed by atoms with Crippen LogP contribution in [-0.2, 0) is 15.8 Å². The molecule has 3 aromatic rings. The van der Waals surface area contributed by atoms with Crippen molar-refractivity contribution < 1.29 is 8.42 Å². The van der Waals surface area contributed by atoms with Gasteiger partial charge in [-0.3, -0.25) is 0 Å². The summed E-state index contributed by atoms with van der Waals surface area (Å²) in [5.41, 5.74) is 1.88. The highest BCUT2D eigenvalue weighted by molar-refractivity contribution is 7.98. The average Bonchev–Trinajstić information content (AvgIpc) is 3.30. The quantitative estimate of drug-likeness (QED) is 0.643. The Kier molecular flexibility index (Phi) is 4.49. The maximum atomic E-state index is 12.5. The molecule has 0 radical (unpaired) electrons. The van der Waals surface area contributed by atoms with Gasteiger partial charge in [-0.05, 0) is 37.1 Å². The number of thioether (sulfide) groups is 1. The van der Waals surface area contributed by atoms with E-state index in [2.05, 4.69) is 9.97 Å². The largest absolute Gasteiger partial charge is 0.307 e. The van der Waals surface area contributed by atoms with Gasteiger partial charge in [-0.15, -0.1) is 0 Å². The third-order valence-corrected chi connectivity index (χ3v) is 7.05. The van der Waals surface area contributed by atoms with Crippen molar-refractivity contribution in [2.75, 3.05) is 13.1 Å². The minimum atomic E-state index is -3.39. The molecule has 0 amide bonds. The van der Waals surface area contributed by atoms with Crippen LogP contribution in [0.3, 0.4) is 0 Å². The first-order valence-electron chi connectivity index (χ1n) is 8.14. The van der Waals surface area contributed by atoms with Crippen LogP contribution >= 0.6 is 11.8 Å². The Labute approximate surface area is 151 Å². The summed E-state index contributed by atoms with van der Waals surface area (Å²) in [5, 5.41) is 0.789. The molecule has 0 aliphatic carbocycles. The van der Waals surface area contributed by atoms with Crippen molar-refractivity contribution >= 4 is 27.4 Å². The Hall–Kier alpha value is -1.90. The van der Waals surface area contributed by atoms with E-state index in [4.69, 9.17) is 0 Å². The molecule has 0 spiro atoms. The first kappa shape index (κ1) is 16.6. The summed E-state index contributed by atoms with van der Waals surface area (Å²) in [7, 11) is -3.39. The second-order valence-corrected chi connectivity index (χ2v) is 8.86. The van der Waals surface area contributed by atoms with Crippen LogP contribution in [0.1, 0.15) is 18.5 Å². The van der Waals surface area contributed by atoms with Crippen LogP contribution in [0.4, 0.5) is 0 Å². The van der Waals surface area contributed by atoms with Gasteiger partial charge in [0, 0.05) is 37.4 Å². The molecular formula is C17H18N4O2S2. The first-order chi connectivity index (χ1) is 12.1. The molecule has 8 heteroatoms. The number of hydrogen-bond donors (Lipinski definition) is 0. The van der Waals surface area contributed by atoms with Crippen molar-refractivity contribution in [3.05, 3.63) is 54.6 Å². The van der Waals surface area contributed by atoms with Gasteiger partial charge in [0.05, 0.1) is 10.7 Å². The maximum absolute atomic E-state index is 12.5. The molecular weight excluding hydrogens is 356 g/mol. The lowest BCUT2D eigenvalue weighted by Crippen LogP contribution is -2.27. The molecule has 4 heterocycles. The number of nitrogens with zero attached hydrogens (tertiary/aromatic N) is 4. The standard InChI is InChI=1S/C17H18N4O2S2/c22-25(23,21-9-3-4-10-21)15-6-7-17(18-11-15)24-13-14-12-20-8-2-1-5-16(20)19-14/h1-2,5-8,11-12H,3-4,9-10,13H2. The molecule has 0 saturated carbocycles. The molecule has 0 aromatic carbocycles. The van der Waals surface area contributed by atoms with Crippen LogP contribution in [0.15, 0.2) is 58.8 Å². The van der Waals surface area contributed by atoms with Crippen LogP contribution in [0.25, 0.3) is 5.65 Å². The fourth-order valence-electron chi connectivity index (χ4n) is 2.89. The predicted octanol–water partition coefficient (Wildman–Crippen LogP) is 2.81. The summed E-state index contributed by atoms with van der Waals surface area (Å²) in [6.45, 7) is 1.21. The SMILES string of the molecule is O=S(=O)(c1ccc(SCc2cn3ccccc3n2)nc1)N1CCCC1.